The van der Waals surface area contributed by atoms with E-state index in [2.05, 4.69) is 42.8 Å². The number of benzene rings is 1. The van der Waals surface area contributed by atoms with Crippen LogP contribution in [0.3, 0.4) is 0 Å². The number of pyridine rings is 1. The van der Waals surface area contributed by atoms with Gasteiger partial charge in [-0.3, -0.25) is 4.79 Å². The summed E-state index contributed by atoms with van der Waals surface area (Å²) < 4.78 is 0. The molecule has 0 atom stereocenters. The van der Waals surface area contributed by atoms with Gasteiger partial charge in [-0.2, -0.15) is 0 Å². The summed E-state index contributed by atoms with van der Waals surface area (Å²) in [5.41, 5.74) is 2.46. The van der Waals surface area contributed by atoms with Crippen LogP contribution in [-0.2, 0) is 4.79 Å². The summed E-state index contributed by atoms with van der Waals surface area (Å²) in [6, 6.07) is 10.2. The number of fused-ring (bicyclic) bond motifs is 1. The van der Waals surface area contributed by atoms with E-state index in [1.807, 2.05) is 24.3 Å². The molecule has 5 nitrogen and oxygen atoms in total. The molecular weight excluding hydrogens is 432 g/mol. The normalized spacial score (nSPS) is 27.3. The summed E-state index contributed by atoms with van der Waals surface area (Å²) in [4.78, 5) is 18.0. The smallest absolute Gasteiger partial charge is 0.224 e. The molecule has 1 aromatic carbocycles. The maximum atomic E-state index is 13.2. The molecule has 4 bridgehead atoms. The summed E-state index contributed by atoms with van der Waals surface area (Å²) in [6.45, 7) is 9.80. The number of hydrogen-bond acceptors (Lipinski definition) is 4. The highest BCUT2D eigenvalue weighted by atomic mass is 16.1. The minimum absolute atomic E-state index is 0.181. The first-order chi connectivity index (χ1) is 16.8. The number of aromatic nitrogens is 1. The van der Waals surface area contributed by atoms with E-state index < -0.39 is 0 Å². The zero-order valence-corrected chi connectivity index (χ0v) is 22.0. The molecule has 0 unspecified atom stereocenters. The molecule has 4 fully saturated rings. The Labute approximate surface area is 211 Å². The van der Waals surface area contributed by atoms with Crippen LogP contribution in [0, 0.1) is 28.6 Å². The SMILES string of the molecule is CC(C)(C)CCNCCCNc1ccc2c(NC(=O)CC34CC5CC(CC(C5)C3)C4)cccc2n1. The fourth-order valence-electron chi connectivity index (χ4n) is 7.42. The van der Waals surface area contributed by atoms with E-state index in [1.165, 1.54) is 44.9 Å². The average Bonchev–Trinajstić information content (AvgIpc) is 2.76. The van der Waals surface area contributed by atoms with Crippen molar-refractivity contribution in [3.05, 3.63) is 30.3 Å². The van der Waals surface area contributed by atoms with Crippen molar-refractivity contribution < 1.29 is 4.79 Å². The van der Waals surface area contributed by atoms with Gasteiger partial charge in [0, 0.05) is 18.4 Å². The average molecular weight is 477 g/mol. The van der Waals surface area contributed by atoms with E-state index in [9.17, 15) is 4.79 Å². The highest BCUT2D eigenvalue weighted by molar-refractivity contribution is 6.01. The van der Waals surface area contributed by atoms with Crippen molar-refractivity contribution in [1.82, 2.24) is 10.3 Å². The second kappa shape index (κ2) is 10.1. The quantitative estimate of drug-likeness (QED) is 0.338. The lowest BCUT2D eigenvalue weighted by molar-refractivity contribution is -0.124. The fourth-order valence-corrected chi connectivity index (χ4v) is 7.42. The van der Waals surface area contributed by atoms with Crippen molar-refractivity contribution in [2.75, 3.05) is 30.3 Å². The van der Waals surface area contributed by atoms with Crippen LogP contribution in [0.2, 0.25) is 0 Å². The lowest BCUT2D eigenvalue weighted by Crippen LogP contribution is -2.47. The van der Waals surface area contributed by atoms with Crippen LogP contribution < -0.4 is 16.0 Å². The Bertz CT molecular complexity index is 1010. The van der Waals surface area contributed by atoms with E-state index >= 15 is 0 Å². The monoisotopic (exact) mass is 476 g/mol. The van der Waals surface area contributed by atoms with Crippen molar-refractivity contribution in [1.29, 1.82) is 0 Å². The van der Waals surface area contributed by atoms with Gasteiger partial charge >= 0.3 is 0 Å². The van der Waals surface area contributed by atoms with E-state index in [1.54, 1.807) is 0 Å². The number of carbonyl (C=O) groups excluding carboxylic acids is 1. The molecule has 4 aliphatic rings. The van der Waals surface area contributed by atoms with Gasteiger partial charge in [-0.05, 0) is 117 Å². The zero-order chi connectivity index (χ0) is 24.5. The third-order valence-corrected chi connectivity index (χ3v) is 8.59. The highest BCUT2D eigenvalue weighted by Gasteiger charge is 2.51. The first kappa shape index (κ1) is 24.5. The van der Waals surface area contributed by atoms with Gasteiger partial charge in [0.15, 0.2) is 0 Å². The molecular formula is C30H44N4O. The molecule has 1 heterocycles. The summed E-state index contributed by atoms with van der Waals surface area (Å²) in [5, 5.41) is 11.2. The van der Waals surface area contributed by atoms with Crippen molar-refractivity contribution in [2.24, 2.45) is 28.6 Å². The number of rotatable bonds is 10. The number of nitrogens with one attached hydrogen (secondary N) is 3. The van der Waals surface area contributed by atoms with Crippen LogP contribution in [-0.4, -0.2) is 30.5 Å². The van der Waals surface area contributed by atoms with E-state index in [-0.39, 0.29) is 11.3 Å². The maximum Gasteiger partial charge on any atom is 0.224 e. The number of anilines is 2. The first-order valence-electron chi connectivity index (χ1n) is 13.9. The second-order valence-corrected chi connectivity index (χ2v) is 13.1. The Balaban J connectivity index is 1.13. The maximum absolute atomic E-state index is 13.2. The predicted octanol–water partition coefficient (Wildman–Crippen LogP) is 6.61. The molecule has 6 rings (SSSR count). The van der Waals surface area contributed by atoms with Crippen molar-refractivity contribution in [3.63, 3.8) is 0 Å². The molecule has 2 aromatic rings. The molecule has 4 saturated carbocycles. The third-order valence-electron chi connectivity index (χ3n) is 8.59. The summed E-state index contributed by atoms with van der Waals surface area (Å²) in [6.07, 6.45) is 11.0. The van der Waals surface area contributed by atoms with Crippen LogP contribution >= 0.6 is 0 Å². The van der Waals surface area contributed by atoms with Gasteiger partial charge in [0.2, 0.25) is 5.91 Å². The molecule has 0 spiro atoms. The number of hydrogen-bond donors (Lipinski definition) is 3. The van der Waals surface area contributed by atoms with E-state index in [4.69, 9.17) is 4.98 Å². The van der Waals surface area contributed by atoms with Gasteiger partial charge in [0.25, 0.3) is 0 Å². The molecule has 1 aromatic heterocycles. The van der Waals surface area contributed by atoms with Crippen LogP contribution in [0.25, 0.3) is 10.9 Å². The van der Waals surface area contributed by atoms with Crippen LogP contribution in [0.5, 0.6) is 0 Å². The Morgan fingerprint density at radius 3 is 2.37 bits per heavy atom. The van der Waals surface area contributed by atoms with Crippen molar-refractivity contribution in [3.8, 4) is 0 Å². The summed E-state index contributed by atoms with van der Waals surface area (Å²) >= 11 is 0. The highest BCUT2D eigenvalue weighted by Crippen LogP contribution is 2.61. The molecule has 0 aliphatic heterocycles. The van der Waals surface area contributed by atoms with E-state index in [0.29, 0.717) is 11.8 Å². The number of nitrogens with zero attached hydrogens (tertiary/aromatic N) is 1. The number of carbonyl (C=O) groups is 1. The van der Waals surface area contributed by atoms with Crippen LogP contribution in [0.4, 0.5) is 11.5 Å². The largest absolute Gasteiger partial charge is 0.370 e. The zero-order valence-electron chi connectivity index (χ0n) is 22.0. The van der Waals surface area contributed by atoms with Crippen molar-refractivity contribution in [2.45, 2.75) is 78.6 Å². The molecule has 190 valence electrons. The Hall–Kier alpha value is -2.14. The minimum Gasteiger partial charge on any atom is -0.370 e. The van der Waals surface area contributed by atoms with Gasteiger partial charge in [0.1, 0.15) is 5.82 Å². The topological polar surface area (TPSA) is 66.0 Å². The standard InChI is InChI=1S/C30H44N4O/c1-29(2,3)10-13-31-11-5-12-32-27-9-8-24-25(33-27)6-4-7-26(24)34-28(35)20-30-17-21-14-22(18-30)16-23(15-21)19-30/h4,6-9,21-23,31H,5,10-20H2,1-3H3,(H,32,33)(H,34,35). The molecule has 4 aliphatic carbocycles. The van der Waals surface area contributed by atoms with Gasteiger partial charge in [-0.15, -0.1) is 0 Å². The van der Waals surface area contributed by atoms with Crippen LogP contribution in [0.1, 0.15) is 78.6 Å². The Morgan fingerprint density at radius 1 is 0.971 bits per heavy atom. The van der Waals surface area contributed by atoms with Crippen LogP contribution in [0.15, 0.2) is 30.3 Å². The number of amides is 1. The molecule has 1 amide bonds. The molecule has 5 heteroatoms. The molecule has 35 heavy (non-hydrogen) atoms. The van der Waals surface area contributed by atoms with Gasteiger partial charge in [-0.25, -0.2) is 4.98 Å². The molecule has 3 N–H and O–H groups in total. The van der Waals surface area contributed by atoms with Gasteiger partial charge in [0.05, 0.1) is 11.2 Å². The Kier molecular flexibility index (Phi) is 7.07. The second-order valence-electron chi connectivity index (χ2n) is 13.1. The minimum atomic E-state index is 0.181. The first-order valence-corrected chi connectivity index (χ1v) is 13.9. The lowest BCUT2D eigenvalue weighted by Gasteiger charge is -2.56. The van der Waals surface area contributed by atoms with Crippen molar-refractivity contribution >= 4 is 28.3 Å². The van der Waals surface area contributed by atoms with Gasteiger partial charge in [-0.1, -0.05) is 26.8 Å². The third kappa shape index (κ3) is 6.17. The molecule has 0 radical (unpaired) electrons. The summed E-state index contributed by atoms with van der Waals surface area (Å²) in [5.74, 6) is 3.70. The van der Waals surface area contributed by atoms with Gasteiger partial charge < -0.3 is 16.0 Å². The fraction of sp³-hybridized carbons (Fsp3) is 0.667. The van der Waals surface area contributed by atoms with E-state index in [0.717, 1.165) is 66.2 Å². The lowest BCUT2D eigenvalue weighted by atomic mass is 9.49. The molecule has 0 saturated heterocycles. The predicted molar refractivity (Wildman–Crippen MR) is 146 cm³/mol. The Morgan fingerprint density at radius 2 is 1.69 bits per heavy atom. The summed E-state index contributed by atoms with van der Waals surface area (Å²) in [7, 11) is 0.